The number of rotatable bonds is 10. The third kappa shape index (κ3) is 5.98. The molecule has 0 atom stereocenters. The summed E-state index contributed by atoms with van der Waals surface area (Å²) in [5.41, 5.74) is 3.18. The molecule has 2 aromatic carbocycles. The van der Waals surface area contributed by atoms with E-state index in [0.717, 1.165) is 34.2 Å². The number of aromatic nitrogens is 5. The molecular weight excluding hydrogens is 424 g/mol. The molecule has 4 aromatic rings. The predicted molar refractivity (Wildman–Crippen MR) is 126 cm³/mol. The molecule has 0 aliphatic heterocycles. The van der Waals surface area contributed by atoms with Crippen molar-refractivity contribution in [1.29, 1.82) is 0 Å². The fourth-order valence-corrected chi connectivity index (χ4v) is 3.91. The number of hydrogen-bond donors (Lipinski definition) is 3. The summed E-state index contributed by atoms with van der Waals surface area (Å²) in [7, 11) is 0. The van der Waals surface area contributed by atoms with Crippen LogP contribution in [0.4, 0.5) is 5.95 Å². The average Bonchev–Trinajstić information content (AvgIpc) is 3.21. The van der Waals surface area contributed by atoms with Gasteiger partial charge in [-0.2, -0.15) is 11.8 Å². The number of benzene rings is 2. The van der Waals surface area contributed by atoms with Gasteiger partial charge in [0.25, 0.3) is 5.56 Å². The first kappa shape index (κ1) is 21.6. The molecule has 4 rings (SSSR count). The molecule has 0 aliphatic carbocycles. The fourth-order valence-electron chi connectivity index (χ4n) is 3.04. The molecular formula is C23H24N6O2S. The summed E-state index contributed by atoms with van der Waals surface area (Å²) in [6.45, 7) is 2.67. The summed E-state index contributed by atoms with van der Waals surface area (Å²) in [5, 5.41) is 11.3. The second kappa shape index (κ2) is 10.6. The highest BCUT2D eigenvalue weighted by Gasteiger charge is 2.08. The van der Waals surface area contributed by atoms with Crippen molar-refractivity contribution in [2.45, 2.75) is 19.1 Å². The summed E-state index contributed by atoms with van der Waals surface area (Å²) in [6.07, 6.45) is 2.07. The maximum absolute atomic E-state index is 12.5. The second-order valence-corrected chi connectivity index (χ2v) is 8.25. The molecule has 32 heavy (non-hydrogen) atoms. The molecule has 3 N–H and O–H groups in total. The molecule has 0 saturated heterocycles. The van der Waals surface area contributed by atoms with Crippen molar-refractivity contribution in [3.63, 3.8) is 0 Å². The van der Waals surface area contributed by atoms with E-state index in [2.05, 4.69) is 30.5 Å². The number of hydrogen-bond acceptors (Lipinski definition) is 7. The second-order valence-electron chi connectivity index (χ2n) is 7.14. The van der Waals surface area contributed by atoms with Crippen molar-refractivity contribution in [2.24, 2.45) is 0 Å². The van der Waals surface area contributed by atoms with Gasteiger partial charge in [0.15, 0.2) is 0 Å². The van der Waals surface area contributed by atoms with Gasteiger partial charge >= 0.3 is 0 Å². The molecule has 2 aromatic heterocycles. The monoisotopic (exact) mass is 448 g/mol. The SMILES string of the molecule is Cc1[nH]cnc1CSCCNc1nnc(Cc2cccc(Oc3ccccc3)c2)c(=O)[nH]1. The van der Waals surface area contributed by atoms with E-state index in [4.69, 9.17) is 4.74 Å². The van der Waals surface area contributed by atoms with Gasteiger partial charge in [0.2, 0.25) is 5.95 Å². The Labute approximate surface area is 189 Å². The van der Waals surface area contributed by atoms with Crippen LogP contribution < -0.4 is 15.6 Å². The number of nitrogens with one attached hydrogen (secondary N) is 3. The van der Waals surface area contributed by atoms with Crippen LogP contribution in [0.3, 0.4) is 0 Å². The van der Waals surface area contributed by atoms with Crippen LogP contribution in [-0.2, 0) is 12.2 Å². The Bertz CT molecular complexity index is 1210. The Balaban J connectivity index is 1.29. The quantitative estimate of drug-likeness (QED) is 0.316. The Morgan fingerprint density at radius 1 is 1.03 bits per heavy atom. The lowest BCUT2D eigenvalue weighted by Gasteiger charge is -2.08. The number of nitrogens with zero attached hydrogens (tertiary/aromatic N) is 3. The number of anilines is 1. The Morgan fingerprint density at radius 3 is 2.66 bits per heavy atom. The first-order valence-corrected chi connectivity index (χ1v) is 11.4. The van der Waals surface area contributed by atoms with Crippen LogP contribution in [0.15, 0.2) is 65.7 Å². The van der Waals surface area contributed by atoms with E-state index in [-0.39, 0.29) is 5.56 Å². The summed E-state index contributed by atoms with van der Waals surface area (Å²) in [5.74, 6) is 3.53. The summed E-state index contributed by atoms with van der Waals surface area (Å²) in [4.78, 5) is 22.6. The van der Waals surface area contributed by atoms with E-state index >= 15 is 0 Å². The van der Waals surface area contributed by atoms with Crippen molar-refractivity contribution < 1.29 is 4.74 Å². The normalized spacial score (nSPS) is 10.8. The molecule has 0 aliphatic rings. The predicted octanol–water partition coefficient (Wildman–Crippen LogP) is 3.92. The largest absolute Gasteiger partial charge is 0.457 e. The Kier molecular flexibility index (Phi) is 7.19. The van der Waals surface area contributed by atoms with E-state index in [1.54, 1.807) is 18.1 Å². The van der Waals surface area contributed by atoms with Crippen molar-refractivity contribution >= 4 is 17.7 Å². The van der Waals surface area contributed by atoms with Gasteiger partial charge < -0.3 is 15.0 Å². The van der Waals surface area contributed by atoms with E-state index in [0.29, 0.717) is 30.4 Å². The lowest BCUT2D eigenvalue weighted by Crippen LogP contribution is -2.20. The zero-order valence-electron chi connectivity index (χ0n) is 17.7. The van der Waals surface area contributed by atoms with Crippen molar-refractivity contribution in [2.75, 3.05) is 17.6 Å². The van der Waals surface area contributed by atoms with Crippen LogP contribution in [0.1, 0.15) is 22.6 Å². The number of H-pyrrole nitrogens is 2. The van der Waals surface area contributed by atoms with Crippen LogP contribution in [0.25, 0.3) is 0 Å². The highest BCUT2D eigenvalue weighted by Crippen LogP contribution is 2.22. The van der Waals surface area contributed by atoms with Gasteiger partial charge in [0, 0.05) is 30.2 Å². The maximum atomic E-state index is 12.5. The topological polar surface area (TPSA) is 109 Å². The minimum Gasteiger partial charge on any atom is -0.457 e. The van der Waals surface area contributed by atoms with Crippen LogP contribution in [0, 0.1) is 6.92 Å². The van der Waals surface area contributed by atoms with E-state index in [1.165, 1.54) is 0 Å². The number of para-hydroxylation sites is 1. The van der Waals surface area contributed by atoms with Crippen molar-refractivity contribution in [3.05, 3.63) is 93.9 Å². The summed E-state index contributed by atoms with van der Waals surface area (Å²) < 4.78 is 5.86. The zero-order valence-corrected chi connectivity index (χ0v) is 18.5. The van der Waals surface area contributed by atoms with Crippen LogP contribution in [0.2, 0.25) is 0 Å². The van der Waals surface area contributed by atoms with Gasteiger partial charge in [-0.3, -0.25) is 9.78 Å². The lowest BCUT2D eigenvalue weighted by molar-refractivity contribution is 0.482. The zero-order chi connectivity index (χ0) is 22.2. The first-order chi connectivity index (χ1) is 15.7. The molecule has 9 heteroatoms. The average molecular weight is 449 g/mol. The number of ether oxygens (including phenoxy) is 1. The minimum atomic E-state index is -0.253. The highest BCUT2D eigenvalue weighted by molar-refractivity contribution is 7.98. The third-order valence-electron chi connectivity index (χ3n) is 4.73. The molecule has 0 radical (unpaired) electrons. The number of aryl methyl sites for hydroxylation is 1. The highest BCUT2D eigenvalue weighted by atomic mass is 32.2. The van der Waals surface area contributed by atoms with Gasteiger partial charge in [-0.1, -0.05) is 30.3 Å². The van der Waals surface area contributed by atoms with E-state index < -0.39 is 0 Å². The van der Waals surface area contributed by atoms with Crippen molar-refractivity contribution in [1.82, 2.24) is 25.1 Å². The first-order valence-electron chi connectivity index (χ1n) is 10.3. The van der Waals surface area contributed by atoms with Crippen LogP contribution >= 0.6 is 11.8 Å². The molecule has 0 bridgehead atoms. The van der Waals surface area contributed by atoms with Crippen LogP contribution in [-0.4, -0.2) is 37.4 Å². The molecule has 0 saturated carbocycles. The van der Waals surface area contributed by atoms with E-state index in [9.17, 15) is 4.79 Å². The number of imidazole rings is 1. The van der Waals surface area contributed by atoms with Gasteiger partial charge in [-0.15, -0.1) is 10.2 Å². The van der Waals surface area contributed by atoms with Crippen molar-refractivity contribution in [3.8, 4) is 11.5 Å². The smallest absolute Gasteiger partial charge is 0.274 e. The lowest BCUT2D eigenvalue weighted by atomic mass is 10.1. The molecule has 0 fully saturated rings. The van der Waals surface area contributed by atoms with Gasteiger partial charge in [0.05, 0.1) is 12.0 Å². The molecule has 8 nitrogen and oxygen atoms in total. The number of thioether (sulfide) groups is 1. The standard InChI is InChI=1S/C23H24N6O2S/c1-16-21(26-15-25-16)14-32-11-10-24-23-27-22(30)20(28-29-23)13-17-6-5-9-19(12-17)31-18-7-3-2-4-8-18/h2-9,12,15H,10-11,13-14H2,1H3,(H,25,26)(H2,24,27,29,30). The minimum absolute atomic E-state index is 0.253. The molecule has 2 heterocycles. The number of aromatic amines is 2. The summed E-state index contributed by atoms with van der Waals surface area (Å²) in [6, 6.07) is 17.2. The maximum Gasteiger partial charge on any atom is 0.274 e. The molecule has 164 valence electrons. The van der Waals surface area contributed by atoms with Gasteiger partial charge in [-0.05, 0) is 36.8 Å². The third-order valence-corrected chi connectivity index (χ3v) is 5.70. The van der Waals surface area contributed by atoms with Crippen LogP contribution in [0.5, 0.6) is 11.5 Å². The van der Waals surface area contributed by atoms with Gasteiger partial charge in [0.1, 0.15) is 17.2 Å². The molecule has 0 spiro atoms. The Morgan fingerprint density at radius 2 is 1.88 bits per heavy atom. The fraction of sp³-hybridized carbons (Fsp3) is 0.217. The summed E-state index contributed by atoms with van der Waals surface area (Å²) >= 11 is 1.76. The van der Waals surface area contributed by atoms with Gasteiger partial charge in [-0.25, -0.2) is 4.98 Å². The molecule has 0 unspecified atom stereocenters. The van der Waals surface area contributed by atoms with E-state index in [1.807, 2.05) is 61.5 Å². The Hall–Kier alpha value is -3.59. The molecule has 0 amide bonds.